The zero-order valence-corrected chi connectivity index (χ0v) is 21.8. The molecule has 2 aliphatic rings. The molecule has 36 heavy (non-hydrogen) atoms. The van der Waals surface area contributed by atoms with Gasteiger partial charge in [0.15, 0.2) is 12.6 Å². The summed E-state index contributed by atoms with van der Waals surface area (Å²) >= 11 is 0. The first kappa shape index (κ1) is 28.7. The minimum atomic E-state index is -0.724. The molecule has 0 aliphatic carbocycles. The highest BCUT2D eigenvalue weighted by Gasteiger charge is 2.49. The Kier molecular flexibility index (Phi) is 11.3. The molecular formula is C25H39NO10. The third-order valence-electron chi connectivity index (χ3n) is 6.25. The number of hydrogen-bond acceptors (Lipinski definition) is 10. The Morgan fingerprint density at radius 2 is 1.50 bits per heavy atom. The quantitative estimate of drug-likeness (QED) is 0.445. The van der Waals surface area contributed by atoms with Gasteiger partial charge in [-0.3, -0.25) is 4.79 Å². The maximum absolute atomic E-state index is 11.2. The third kappa shape index (κ3) is 7.36. The van der Waals surface area contributed by atoms with Crippen molar-refractivity contribution in [1.29, 1.82) is 0 Å². The van der Waals surface area contributed by atoms with Gasteiger partial charge < -0.3 is 47.9 Å². The summed E-state index contributed by atoms with van der Waals surface area (Å²) in [6, 6.07) is 7.13. The van der Waals surface area contributed by atoms with Crippen molar-refractivity contribution in [2.45, 2.75) is 69.0 Å². The van der Waals surface area contributed by atoms with E-state index in [0.29, 0.717) is 37.5 Å². The predicted octanol–water partition coefficient (Wildman–Crippen LogP) is 1.98. The average molecular weight is 514 g/mol. The molecule has 11 heteroatoms. The van der Waals surface area contributed by atoms with E-state index in [4.69, 9.17) is 42.6 Å². The first-order chi connectivity index (χ1) is 17.4. The van der Waals surface area contributed by atoms with Crippen LogP contribution in [0.4, 0.5) is 5.69 Å². The van der Waals surface area contributed by atoms with Crippen molar-refractivity contribution in [2.24, 2.45) is 0 Å². The summed E-state index contributed by atoms with van der Waals surface area (Å²) in [5.74, 6) is 0.504. The van der Waals surface area contributed by atoms with Crippen LogP contribution in [0, 0.1) is 0 Å². The number of nitrogens with one attached hydrogen (secondary N) is 1. The van der Waals surface area contributed by atoms with Crippen molar-refractivity contribution >= 4 is 11.6 Å². The molecule has 2 heterocycles. The highest BCUT2D eigenvalue weighted by Crippen LogP contribution is 2.32. The number of amides is 1. The molecule has 0 aromatic heterocycles. The molecule has 1 aromatic rings. The lowest BCUT2D eigenvalue weighted by molar-refractivity contribution is -0.337. The Labute approximate surface area is 212 Å². The molecule has 8 atom stereocenters. The van der Waals surface area contributed by atoms with Crippen molar-refractivity contribution in [1.82, 2.24) is 0 Å². The maximum Gasteiger partial charge on any atom is 0.221 e. The van der Waals surface area contributed by atoms with E-state index in [0.717, 1.165) is 0 Å². The predicted molar refractivity (Wildman–Crippen MR) is 129 cm³/mol. The van der Waals surface area contributed by atoms with Crippen LogP contribution in [0.25, 0.3) is 0 Å². The standard InChI is InChI=1S/C25H39NO10/c1-15(27)26-16-7-9-17(10-8-16)33-21-12-11-18(19(34-21)13-28-2)35-25-24(32-6)23(31-5)22(30-4)20(36-25)14-29-3/h7-10,18-25H,11-14H2,1-6H3,(H,26,27). The van der Waals surface area contributed by atoms with Gasteiger partial charge in [0.25, 0.3) is 0 Å². The number of carbonyl (C=O) groups is 1. The zero-order valence-electron chi connectivity index (χ0n) is 21.8. The Morgan fingerprint density at radius 1 is 0.861 bits per heavy atom. The monoisotopic (exact) mass is 513 g/mol. The maximum atomic E-state index is 11.2. The van der Waals surface area contributed by atoms with Gasteiger partial charge in [-0.05, 0) is 30.7 Å². The molecule has 0 saturated carbocycles. The van der Waals surface area contributed by atoms with Crippen LogP contribution in [0.2, 0.25) is 0 Å². The molecule has 1 N–H and O–H groups in total. The SMILES string of the molecule is COCC1OC(Oc2ccc(NC(C)=O)cc2)CCC1OC1OC(COC)C(OC)C(OC)C1OC. The lowest BCUT2D eigenvalue weighted by Gasteiger charge is -2.46. The lowest BCUT2D eigenvalue weighted by Crippen LogP contribution is -2.62. The van der Waals surface area contributed by atoms with Crippen molar-refractivity contribution in [3.05, 3.63) is 24.3 Å². The highest BCUT2D eigenvalue weighted by molar-refractivity contribution is 5.88. The smallest absolute Gasteiger partial charge is 0.221 e. The van der Waals surface area contributed by atoms with Crippen molar-refractivity contribution in [3.63, 3.8) is 0 Å². The zero-order chi connectivity index (χ0) is 26.1. The second-order valence-corrected chi connectivity index (χ2v) is 8.73. The van der Waals surface area contributed by atoms with Gasteiger partial charge in [-0.25, -0.2) is 0 Å². The molecule has 0 bridgehead atoms. The number of carbonyl (C=O) groups excluding carboxylic acids is 1. The molecule has 2 saturated heterocycles. The number of anilines is 1. The Hall–Kier alpha value is -1.83. The van der Waals surface area contributed by atoms with Crippen LogP contribution in [-0.2, 0) is 42.7 Å². The fourth-order valence-corrected chi connectivity index (χ4v) is 4.62. The van der Waals surface area contributed by atoms with Gasteiger partial charge in [0.2, 0.25) is 5.91 Å². The van der Waals surface area contributed by atoms with Gasteiger partial charge >= 0.3 is 0 Å². The van der Waals surface area contributed by atoms with Gasteiger partial charge in [-0.2, -0.15) is 0 Å². The first-order valence-electron chi connectivity index (χ1n) is 12.0. The molecule has 1 amide bonds. The summed E-state index contributed by atoms with van der Waals surface area (Å²) in [5.41, 5.74) is 0.696. The van der Waals surface area contributed by atoms with Gasteiger partial charge in [0.05, 0.1) is 19.3 Å². The van der Waals surface area contributed by atoms with Gasteiger partial charge in [-0.1, -0.05) is 0 Å². The van der Waals surface area contributed by atoms with Crippen molar-refractivity contribution < 1.29 is 47.4 Å². The third-order valence-corrected chi connectivity index (χ3v) is 6.25. The van der Waals surface area contributed by atoms with Crippen LogP contribution < -0.4 is 10.1 Å². The summed E-state index contributed by atoms with van der Waals surface area (Å²) in [6.45, 7) is 2.09. The molecule has 0 radical (unpaired) electrons. The molecular weight excluding hydrogens is 474 g/mol. The summed E-state index contributed by atoms with van der Waals surface area (Å²) in [6.07, 6.45) is -2.39. The number of benzene rings is 1. The fraction of sp³-hybridized carbons (Fsp3) is 0.720. The minimum absolute atomic E-state index is 0.131. The minimum Gasteiger partial charge on any atom is -0.465 e. The van der Waals surface area contributed by atoms with E-state index in [9.17, 15) is 4.79 Å². The van der Waals surface area contributed by atoms with Crippen molar-refractivity contribution in [2.75, 3.05) is 54.1 Å². The lowest BCUT2D eigenvalue weighted by atomic mass is 9.98. The largest absolute Gasteiger partial charge is 0.465 e. The fourth-order valence-electron chi connectivity index (χ4n) is 4.62. The van der Waals surface area contributed by atoms with Gasteiger partial charge in [0, 0.05) is 54.6 Å². The van der Waals surface area contributed by atoms with Crippen LogP contribution in [-0.4, -0.2) is 104 Å². The Bertz CT molecular complexity index is 794. The molecule has 11 nitrogen and oxygen atoms in total. The molecule has 3 rings (SSSR count). The van der Waals surface area contributed by atoms with Crippen molar-refractivity contribution in [3.8, 4) is 5.75 Å². The first-order valence-corrected chi connectivity index (χ1v) is 12.0. The van der Waals surface area contributed by atoms with E-state index in [2.05, 4.69) is 5.32 Å². The molecule has 2 aliphatic heterocycles. The molecule has 8 unspecified atom stereocenters. The summed E-state index contributed by atoms with van der Waals surface area (Å²) in [4.78, 5) is 11.2. The van der Waals surface area contributed by atoms with Crippen LogP contribution in [0.5, 0.6) is 5.75 Å². The Balaban J connectivity index is 1.65. The second-order valence-electron chi connectivity index (χ2n) is 8.73. The van der Waals surface area contributed by atoms with Gasteiger partial charge in [-0.15, -0.1) is 0 Å². The number of hydrogen-bond donors (Lipinski definition) is 1. The van der Waals surface area contributed by atoms with Crippen LogP contribution in [0.3, 0.4) is 0 Å². The number of rotatable bonds is 12. The van der Waals surface area contributed by atoms with E-state index in [1.165, 1.54) is 6.92 Å². The molecule has 0 spiro atoms. The van der Waals surface area contributed by atoms with Crippen LogP contribution >= 0.6 is 0 Å². The van der Waals surface area contributed by atoms with Crippen LogP contribution in [0.1, 0.15) is 19.8 Å². The number of methoxy groups -OCH3 is 5. The van der Waals surface area contributed by atoms with E-state index >= 15 is 0 Å². The van der Waals surface area contributed by atoms with E-state index in [-0.39, 0.29) is 18.1 Å². The summed E-state index contributed by atoms with van der Waals surface area (Å²) in [7, 11) is 8.02. The summed E-state index contributed by atoms with van der Waals surface area (Å²) < 4.78 is 52.7. The van der Waals surface area contributed by atoms with E-state index in [1.807, 2.05) is 0 Å². The van der Waals surface area contributed by atoms with E-state index in [1.54, 1.807) is 59.8 Å². The van der Waals surface area contributed by atoms with Crippen LogP contribution in [0.15, 0.2) is 24.3 Å². The topological polar surface area (TPSA) is 112 Å². The van der Waals surface area contributed by atoms with E-state index < -0.39 is 37.0 Å². The summed E-state index contributed by atoms with van der Waals surface area (Å²) in [5, 5.41) is 2.73. The molecule has 1 aromatic carbocycles. The van der Waals surface area contributed by atoms with Gasteiger partial charge in [0.1, 0.15) is 36.3 Å². The normalized spacial score (nSPS) is 32.7. The average Bonchev–Trinajstić information content (AvgIpc) is 2.86. The second kappa shape index (κ2) is 14.2. The number of ether oxygens (including phenoxy) is 9. The Morgan fingerprint density at radius 3 is 2.08 bits per heavy atom. The highest BCUT2D eigenvalue weighted by atomic mass is 16.7. The molecule has 204 valence electrons. The molecule has 2 fully saturated rings.